The van der Waals surface area contributed by atoms with E-state index in [0.717, 1.165) is 0 Å². The molecule has 0 saturated heterocycles. The number of hydrogen-bond acceptors (Lipinski definition) is 8. The number of nitrogens with zero attached hydrogens (tertiary/aromatic N) is 2. The van der Waals surface area contributed by atoms with E-state index < -0.39 is 20.2 Å². The number of benzene rings is 4. The van der Waals surface area contributed by atoms with E-state index in [9.17, 15) is 35.5 Å². The Morgan fingerprint density at radius 1 is 0.575 bits per heavy atom. The average molecular weight is 601 g/mol. The minimum absolute atomic E-state index is 0. The fourth-order valence-corrected chi connectivity index (χ4v) is 5.22. The standard InChI is InChI=1S/C26H24N2O8S2.2Na/c1-17(29)27(23-7-3-19-5-9-25(37(31,32)33)15-21(19)13-23)11-12-28(18(2)30)24-8-4-20-6-10-26(38(34,35)36)16-22(20)14-24;;/h3-10,13-16H,11-12H2,1-2H3,(H,31,32,33)(H,34,35,36);;/q;2*+1/p-2. The van der Waals surface area contributed by atoms with Crippen LogP contribution in [0.25, 0.3) is 21.5 Å². The topological polar surface area (TPSA) is 155 Å². The number of hydrogen-bond donors (Lipinski definition) is 0. The van der Waals surface area contributed by atoms with Gasteiger partial charge in [0.15, 0.2) is 0 Å². The van der Waals surface area contributed by atoms with Crippen LogP contribution >= 0.6 is 0 Å². The number of fused-ring (bicyclic) bond motifs is 2. The van der Waals surface area contributed by atoms with Gasteiger partial charge in [-0.05, 0) is 70.1 Å². The van der Waals surface area contributed by atoms with Gasteiger partial charge >= 0.3 is 59.1 Å². The molecule has 0 N–H and O–H groups in total. The Morgan fingerprint density at radius 2 is 0.900 bits per heavy atom. The van der Waals surface area contributed by atoms with Crippen LogP contribution < -0.4 is 68.9 Å². The maximum Gasteiger partial charge on any atom is 1.00 e. The van der Waals surface area contributed by atoms with Gasteiger partial charge in [0.05, 0.1) is 9.79 Å². The zero-order valence-electron chi connectivity index (χ0n) is 22.3. The molecule has 198 valence electrons. The molecule has 0 atom stereocenters. The maximum absolute atomic E-state index is 12.5. The molecule has 14 heteroatoms. The van der Waals surface area contributed by atoms with Gasteiger partial charge in [-0.2, -0.15) is 0 Å². The van der Waals surface area contributed by atoms with Gasteiger partial charge in [-0.3, -0.25) is 9.59 Å². The molecule has 0 radical (unpaired) electrons. The van der Waals surface area contributed by atoms with Crippen molar-refractivity contribution in [3.63, 3.8) is 0 Å². The third-order valence-corrected chi connectivity index (χ3v) is 7.76. The Morgan fingerprint density at radius 3 is 1.20 bits per heavy atom. The molecule has 10 nitrogen and oxygen atoms in total. The number of carbonyl (C=O) groups excluding carboxylic acids is 2. The van der Waals surface area contributed by atoms with Gasteiger partial charge in [-0.25, -0.2) is 16.8 Å². The molecule has 4 rings (SSSR count). The predicted molar refractivity (Wildman–Crippen MR) is 140 cm³/mol. The first kappa shape index (κ1) is 34.4. The molecule has 0 aromatic heterocycles. The Hall–Kier alpha value is -1.84. The normalized spacial score (nSPS) is 11.4. The fourth-order valence-electron chi connectivity index (χ4n) is 4.21. The van der Waals surface area contributed by atoms with E-state index in [2.05, 4.69) is 0 Å². The van der Waals surface area contributed by atoms with Crippen molar-refractivity contribution in [2.75, 3.05) is 22.9 Å². The quantitative estimate of drug-likeness (QED) is 0.163. The molecule has 0 unspecified atom stereocenters. The van der Waals surface area contributed by atoms with E-state index in [1.807, 2.05) is 0 Å². The first-order valence-corrected chi connectivity index (χ1v) is 14.1. The smallest absolute Gasteiger partial charge is 0.744 e. The second-order valence-corrected chi connectivity index (χ2v) is 11.4. The Bertz CT molecular complexity index is 1680. The van der Waals surface area contributed by atoms with E-state index in [1.54, 1.807) is 36.4 Å². The van der Waals surface area contributed by atoms with Gasteiger partial charge in [-0.15, -0.1) is 0 Å². The van der Waals surface area contributed by atoms with Crippen LogP contribution in [-0.4, -0.2) is 50.8 Å². The SMILES string of the molecule is CC(=O)N(CCN(C(C)=O)c1ccc2ccc(S(=O)(=O)[O-])cc2c1)c1ccc2ccc(S(=O)(=O)[O-])cc2c1.[Na+].[Na+]. The van der Waals surface area contributed by atoms with Crippen molar-refractivity contribution in [3.05, 3.63) is 72.8 Å². The van der Waals surface area contributed by atoms with Crippen LogP contribution in [0.3, 0.4) is 0 Å². The first-order chi connectivity index (χ1) is 17.7. The zero-order valence-corrected chi connectivity index (χ0v) is 28.0. The molecule has 0 fully saturated rings. The zero-order chi connectivity index (χ0) is 27.8. The molecule has 0 saturated carbocycles. The summed E-state index contributed by atoms with van der Waals surface area (Å²) in [7, 11) is -9.31. The van der Waals surface area contributed by atoms with Gasteiger partial charge in [0.1, 0.15) is 20.2 Å². The summed E-state index contributed by atoms with van der Waals surface area (Å²) in [4.78, 5) is 27.1. The molecule has 0 aliphatic heterocycles. The number of rotatable bonds is 7. The summed E-state index contributed by atoms with van der Waals surface area (Å²) in [5.74, 6) is -0.659. The number of anilines is 2. The Kier molecular flexibility index (Phi) is 11.5. The molecule has 2 amide bonds. The summed E-state index contributed by atoms with van der Waals surface area (Å²) >= 11 is 0. The largest absolute Gasteiger partial charge is 1.00 e. The summed E-state index contributed by atoms with van der Waals surface area (Å²) in [6, 6.07) is 17.8. The van der Waals surface area contributed by atoms with Crippen molar-refractivity contribution >= 4 is 65.0 Å². The van der Waals surface area contributed by atoms with Crippen molar-refractivity contribution in [2.24, 2.45) is 0 Å². The second-order valence-electron chi connectivity index (χ2n) is 8.64. The van der Waals surface area contributed by atoms with Gasteiger partial charge < -0.3 is 18.9 Å². The van der Waals surface area contributed by atoms with E-state index in [-0.39, 0.29) is 93.8 Å². The summed E-state index contributed by atoms with van der Waals surface area (Å²) < 4.78 is 68.6. The molecule has 0 heterocycles. The van der Waals surface area contributed by atoms with Crippen LogP contribution in [0.4, 0.5) is 11.4 Å². The van der Waals surface area contributed by atoms with Crippen LogP contribution in [-0.2, 0) is 29.8 Å². The Labute approximate surface area is 276 Å². The van der Waals surface area contributed by atoms with Crippen molar-refractivity contribution in [2.45, 2.75) is 23.6 Å². The fraction of sp³-hybridized carbons (Fsp3) is 0.154. The molecular formula is C26H22N2Na2O8S2. The van der Waals surface area contributed by atoms with Crippen LogP contribution in [0.1, 0.15) is 13.8 Å². The molecule has 40 heavy (non-hydrogen) atoms. The molecule has 0 spiro atoms. The van der Waals surface area contributed by atoms with Gasteiger partial charge in [0.25, 0.3) is 0 Å². The minimum atomic E-state index is -4.66. The average Bonchev–Trinajstić information content (AvgIpc) is 2.83. The molecular weight excluding hydrogens is 578 g/mol. The molecule has 4 aromatic carbocycles. The van der Waals surface area contributed by atoms with Crippen LogP contribution in [0, 0.1) is 0 Å². The predicted octanol–water partition coefficient (Wildman–Crippen LogP) is -2.78. The van der Waals surface area contributed by atoms with Crippen molar-refractivity contribution in [1.82, 2.24) is 0 Å². The summed E-state index contributed by atoms with van der Waals surface area (Å²) in [5.41, 5.74) is 0.885. The van der Waals surface area contributed by atoms with Crippen LogP contribution in [0.15, 0.2) is 82.6 Å². The number of carbonyl (C=O) groups is 2. The van der Waals surface area contributed by atoms with Crippen LogP contribution in [0.5, 0.6) is 0 Å². The van der Waals surface area contributed by atoms with Crippen molar-refractivity contribution in [1.29, 1.82) is 0 Å². The molecule has 0 aliphatic carbocycles. The summed E-state index contributed by atoms with van der Waals surface area (Å²) in [6.07, 6.45) is 0. The molecule has 4 aromatic rings. The third kappa shape index (κ3) is 7.91. The summed E-state index contributed by atoms with van der Waals surface area (Å²) in [6.45, 7) is 2.85. The maximum atomic E-state index is 12.5. The first-order valence-electron chi connectivity index (χ1n) is 11.3. The second kappa shape index (κ2) is 13.4. The number of amides is 2. The van der Waals surface area contributed by atoms with E-state index in [1.165, 1.54) is 60.0 Å². The molecule has 0 bridgehead atoms. The van der Waals surface area contributed by atoms with Crippen molar-refractivity contribution in [3.8, 4) is 0 Å². The van der Waals surface area contributed by atoms with Gasteiger partial charge in [-0.1, -0.05) is 24.3 Å². The summed E-state index contributed by atoms with van der Waals surface area (Å²) in [5, 5.41) is 2.25. The van der Waals surface area contributed by atoms with Crippen molar-refractivity contribution < 1.29 is 94.6 Å². The monoisotopic (exact) mass is 600 g/mol. The van der Waals surface area contributed by atoms with E-state index >= 15 is 0 Å². The third-order valence-electron chi connectivity index (χ3n) is 6.10. The van der Waals surface area contributed by atoms with E-state index in [4.69, 9.17) is 0 Å². The van der Waals surface area contributed by atoms with Gasteiger partial charge in [0.2, 0.25) is 11.8 Å². The van der Waals surface area contributed by atoms with E-state index in [0.29, 0.717) is 32.9 Å². The van der Waals surface area contributed by atoms with Crippen LogP contribution in [0.2, 0.25) is 0 Å². The Balaban J connectivity index is 0.00000280. The van der Waals surface area contributed by atoms with Gasteiger partial charge in [0, 0.05) is 38.3 Å². The molecule has 0 aliphatic rings. The minimum Gasteiger partial charge on any atom is -0.744 e.